The number of carbonyl (C=O) groups excluding carboxylic acids is 2. The molecule has 2 amide bonds. The lowest BCUT2D eigenvalue weighted by Gasteiger charge is -2.21. The van der Waals surface area contributed by atoms with Crippen molar-refractivity contribution in [2.45, 2.75) is 40.0 Å². The molecule has 3 aromatic carbocycles. The molecule has 0 atom stereocenters. The summed E-state index contributed by atoms with van der Waals surface area (Å²) in [7, 11) is 0. The fourth-order valence-corrected chi connectivity index (χ4v) is 4.05. The second-order valence-electron chi connectivity index (χ2n) is 9.83. The van der Waals surface area contributed by atoms with Gasteiger partial charge in [-0.05, 0) is 66.3 Å². The summed E-state index contributed by atoms with van der Waals surface area (Å²) in [4.78, 5) is 28.3. The number of anilines is 1. The van der Waals surface area contributed by atoms with Gasteiger partial charge in [0.1, 0.15) is 5.70 Å². The van der Waals surface area contributed by atoms with Crippen LogP contribution in [0.25, 0.3) is 6.08 Å². The maximum Gasteiger partial charge on any atom is 0.287 e. The normalized spacial score (nSPS) is 11.9. The number of hydrogen-bond acceptors (Lipinski definition) is 4. The lowest BCUT2D eigenvalue weighted by Crippen LogP contribution is -2.33. The van der Waals surface area contributed by atoms with Crippen molar-refractivity contribution in [3.63, 3.8) is 0 Å². The quantitative estimate of drug-likeness (QED) is 0.191. The Kier molecular flexibility index (Phi) is 9.85. The third-order valence-corrected chi connectivity index (χ3v) is 6.43. The van der Waals surface area contributed by atoms with Crippen LogP contribution in [0.1, 0.15) is 61.7 Å². The standard InChI is InChI=1S/C31H35ClN4O2/c1-6-36(7-2)25-18-14-22(15-19-25)20-28(34-29(37)26-10-8-9-11-27(26)32)30(38)35-33-21-23-12-16-24(17-13-23)31(3,4)5/h8-21H,6-7H2,1-5H3,(H,34,37)(H,35,38)/b28-20+,33-21-. The molecule has 0 bridgehead atoms. The average molecular weight is 531 g/mol. The fourth-order valence-electron chi connectivity index (χ4n) is 3.83. The van der Waals surface area contributed by atoms with Gasteiger partial charge < -0.3 is 10.2 Å². The summed E-state index contributed by atoms with van der Waals surface area (Å²) < 4.78 is 0. The van der Waals surface area contributed by atoms with Crippen molar-refractivity contribution in [2.24, 2.45) is 5.10 Å². The van der Waals surface area contributed by atoms with E-state index >= 15 is 0 Å². The zero-order chi connectivity index (χ0) is 27.7. The lowest BCUT2D eigenvalue weighted by atomic mass is 9.87. The Balaban J connectivity index is 1.82. The van der Waals surface area contributed by atoms with Gasteiger partial charge in [-0.15, -0.1) is 0 Å². The van der Waals surface area contributed by atoms with Crippen LogP contribution in [0.3, 0.4) is 0 Å². The Hall–Kier alpha value is -3.90. The van der Waals surface area contributed by atoms with Gasteiger partial charge in [0.15, 0.2) is 0 Å². The van der Waals surface area contributed by atoms with Crippen LogP contribution in [0.5, 0.6) is 0 Å². The van der Waals surface area contributed by atoms with E-state index in [0.717, 1.165) is 29.9 Å². The van der Waals surface area contributed by atoms with Gasteiger partial charge in [0, 0.05) is 18.8 Å². The van der Waals surface area contributed by atoms with Gasteiger partial charge in [-0.25, -0.2) is 5.43 Å². The first-order chi connectivity index (χ1) is 18.1. The van der Waals surface area contributed by atoms with Gasteiger partial charge in [0.05, 0.1) is 16.8 Å². The summed E-state index contributed by atoms with van der Waals surface area (Å²) in [5.74, 6) is -1.04. The third-order valence-electron chi connectivity index (χ3n) is 6.10. The van der Waals surface area contributed by atoms with Crippen LogP contribution < -0.4 is 15.6 Å². The van der Waals surface area contributed by atoms with Crippen molar-refractivity contribution in [1.29, 1.82) is 0 Å². The van der Waals surface area contributed by atoms with Crippen LogP contribution >= 0.6 is 11.6 Å². The summed E-state index contributed by atoms with van der Waals surface area (Å²) in [5, 5.41) is 7.10. The van der Waals surface area contributed by atoms with Gasteiger partial charge >= 0.3 is 0 Å². The van der Waals surface area contributed by atoms with E-state index in [0.29, 0.717) is 5.02 Å². The lowest BCUT2D eigenvalue weighted by molar-refractivity contribution is -0.117. The van der Waals surface area contributed by atoms with Crippen molar-refractivity contribution in [3.05, 3.63) is 106 Å². The second kappa shape index (κ2) is 13.1. The highest BCUT2D eigenvalue weighted by molar-refractivity contribution is 6.34. The molecule has 38 heavy (non-hydrogen) atoms. The van der Waals surface area contributed by atoms with Crippen molar-refractivity contribution >= 4 is 41.4 Å². The van der Waals surface area contributed by atoms with Gasteiger partial charge in [-0.2, -0.15) is 5.10 Å². The molecular formula is C31H35ClN4O2. The molecule has 0 aliphatic carbocycles. The largest absolute Gasteiger partial charge is 0.372 e. The molecule has 0 radical (unpaired) electrons. The molecule has 2 N–H and O–H groups in total. The highest BCUT2D eigenvalue weighted by Gasteiger charge is 2.17. The highest BCUT2D eigenvalue weighted by Crippen LogP contribution is 2.22. The molecule has 0 aliphatic rings. The Morgan fingerprint density at radius 1 is 0.895 bits per heavy atom. The Bertz CT molecular complexity index is 1300. The van der Waals surface area contributed by atoms with Crippen molar-refractivity contribution < 1.29 is 9.59 Å². The summed E-state index contributed by atoms with van der Waals surface area (Å²) in [6, 6.07) is 22.5. The van der Waals surface area contributed by atoms with E-state index < -0.39 is 11.8 Å². The molecule has 0 saturated carbocycles. The number of nitrogens with zero attached hydrogens (tertiary/aromatic N) is 2. The van der Waals surface area contributed by atoms with Crippen LogP contribution in [-0.4, -0.2) is 31.1 Å². The van der Waals surface area contributed by atoms with Crippen molar-refractivity contribution in [1.82, 2.24) is 10.7 Å². The molecule has 0 fully saturated rings. The monoisotopic (exact) mass is 530 g/mol. The molecule has 0 unspecified atom stereocenters. The molecule has 198 valence electrons. The number of rotatable bonds is 9. The fraction of sp³-hybridized carbons (Fsp3) is 0.258. The first-order valence-electron chi connectivity index (χ1n) is 12.7. The van der Waals surface area contributed by atoms with E-state index in [1.54, 1.807) is 36.6 Å². The third kappa shape index (κ3) is 7.80. The molecule has 0 spiro atoms. The second-order valence-corrected chi connectivity index (χ2v) is 10.2. The SMILES string of the molecule is CCN(CC)c1ccc(/C=C(/NC(=O)c2ccccc2Cl)C(=O)N/N=C\c2ccc(C(C)(C)C)cc2)cc1. The smallest absolute Gasteiger partial charge is 0.287 e. The summed E-state index contributed by atoms with van der Waals surface area (Å²) in [5.41, 5.74) is 6.78. The van der Waals surface area contributed by atoms with Crippen LogP contribution in [0.15, 0.2) is 83.6 Å². The molecule has 0 saturated heterocycles. The number of halogens is 1. The Morgan fingerprint density at radius 3 is 2.08 bits per heavy atom. The van der Waals surface area contributed by atoms with Crippen LogP contribution in [-0.2, 0) is 10.2 Å². The number of carbonyl (C=O) groups is 2. The van der Waals surface area contributed by atoms with Gasteiger partial charge in [0.2, 0.25) is 0 Å². The topological polar surface area (TPSA) is 73.8 Å². The number of hydrogen-bond donors (Lipinski definition) is 2. The minimum absolute atomic E-state index is 0.0470. The highest BCUT2D eigenvalue weighted by atomic mass is 35.5. The number of nitrogens with one attached hydrogen (secondary N) is 2. The first-order valence-corrected chi connectivity index (χ1v) is 13.1. The van der Waals surface area contributed by atoms with Gasteiger partial charge in [0.25, 0.3) is 11.8 Å². The predicted octanol–water partition coefficient (Wildman–Crippen LogP) is 6.40. The molecular weight excluding hydrogens is 496 g/mol. The minimum Gasteiger partial charge on any atom is -0.372 e. The molecule has 7 heteroatoms. The van der Waals surface area contributed by atoms with E-state index in [9.17, 15) is 9.59 Å². The zero-order valence-electron chi connectivity index (χ0n) is 22.6. The Labute approximate surface area is 230 Å². The van der Waals surface area contributed by atoms with Crippen LogP contribution in [0, 0.1) is 0 Å². The van der Waals surface area contributed by atoms with Crippen LogP contribution in [0.4, 0.5) is 5.69 Å². The molecule has 0 aromatic heterocycles. The first kappa shape index (κ1) is 28.7. The van der Waals surface area contributed by atoms with E-state index in [1.807, 2.05) is 48.5 Å². The number of amides is 2. The Morgan fingerprint density at radius 2 is 1.50 bits per heavy atom. The summed E-state index contributed by atoms with van der Waals surface area (Å²) >= 11 is 6.20. The minimum atomic E-state index is -0.555. The average Bonchev–Trinajstić information content (AvgIpc) is 2.90. The van der Waals surface area contributed by atoms with E-state index in [1.165, 1.54) is 5.56 Å². The van der Waals surface area contributed by atoms with Gasteiger partial charge in [-0.3, -0.25) is 9.59 Å². The summed E-state index contributed by atoms with van der Waals surface area (Å²) in [6.45, 7) is 12.4. The predicted molar refractivity (Wildman–Crippen MR) is 158 cm³/mol. The molecule has 0 heterocycles. The maximum absolute atomic E-state index is 13.1. The van der Waals surface area contributed by atoms with Crippen molar-refractivity contribution in [3.8, 4) is 0 Å². The zero-order valence-corrected chi connectivity index (χ0v) is 23.3. The molecule has 3 rings (SSSR count). The van der Waals surface area contributed by atoms with Crippen LogP contribution in [0.2, 0.25) is 5.02 Å². The van der Waals surface area contributed by atoms with E-state index in [-0.39, 0.29) is 16.7 Å². The summed E-state index contributed by atoms with van der Waals surface area (Å²) in [6.07, 6.45) is 3.18. The molecule has 6 nitrogen and oxygen atoms in total. The number of benzene rings is 3. The molecule has 0 aliphatic heterocycles. The maximum atomic E-state index is 13.1. The molecule has 3 aromatic rings. The van der Waals surface area contributed by atoms with Crippen molar-refractivity contribution in [2.75, 3.05) is 18.0 Å². The van der Waals surface area contributed by atoms with E-state index in [2.05, 4.69) is 55.4 Å². The van der Waals surface area contributed by atoms with E-state index in [4.69, 9.17) is 11.6 Å². The van der Waals surface area contributed by atoms with Gasteiger partial charge in [-0.1, -0.05) is 80.9 Å². The number of hydrazone groups is 1.